The molecule has 7 heteroatoms. The van der Waals surface area contributed by atoms with E-state index in [0.29, 0.717) is 34.4 Å². The second-order valence-electron chi connectivity index (χ2n) is 7.10. The molecule has 160 valence electrons. The van der Waals surface area contributed by atoms with Crippen molar-refractivity contribution in [1.82, 2.24) is 14.8 Å². The van der Waals surface area contributed by atoms with Gasteiger partial charge >= 0.3 is 0 Å². The minimum atomic E-state index is -0.392. The largest absolute Gasteiger partial charge is 0.496 e. The van der Waals surface area contributed by atoms with Gasteiger partial charge in [-0.25, -0.2) is 4.39 Å². The van der Waals surface area contributed by atoms with E-state index < -0.39 is 5.82 Å². The number of aryl methyl sites for hydroxylation is 1. The maximum Gasteiger partial charge on any atom is 0.191 e. The molecule has 0 aliphatic heterocycles. The number of hydrogen-bond acceptors (Lipinski definition) is 5. The van der Waals surface area contributed by atoms with Crippen LogP contribution >= 0.6 is 11.8 Å². The molecule has 0 bridgehead atoms. The van der Waals surface area contributed by atoms with E-state index in [4.69, 9.17) is 10.00 Å². The van der Waals surface area contributed by atoms with Crippen LogP contribution in [0.2, 0.25) is 0 Å². The molecular weight excluding hydrogens is 423 g/mol. The smallest absolute Gasteiger partial charge is 0.191 e. The van der Waals surface area contributed by atoms with Gasteiger partial charge in [0.25, 0.3) is 0 Å². The number of thioether (sulfide) groups is 1. The lowest BCUT2D eigenvalue weighted by atomic mass is 10.1. The molecular formula is C25H21FN4OS. The summed E-state index contributed by atoms with van der Waals surface area (Å²) in [4.78, 5) is 0. The lowest BCUT2D eigenvalue weighted by Crippen LogP contribution is -2.06. The molecule has 0 radical (unpaired) electrons. The first-order chi connectivity index (χ1) is 15.7. The molecule has 5 nitrogen and oxygen atoms in total. The number of methoxy groups -OCH3 is 1. The second kappa shape index (κ2) is 10.1. The van der Waals surface area contributed by atoms with E-state index in [1.54, 1.807) is 19.2 Å². The summed E-state index contributed by atoms with van der Waals surface area (Å²) in [6.45, 7) is 0.669. The normalized spacial score (nSPS) is 10.7. The van der Waals surface area contributed by atoms with E-state index in [-0.39, 0.29) is 0 Å². The molecule has 0 unspecified atom stereocenters. The molecule has 1 aromatic heterocycles. The van der Waals surface area contributed by atoms with Crippen LogP contribution in [0.15, 0.2) is 78.0 Å². The Bertz CT molecular complexity index is 1250. The SMILES string of the molecule is COc1ccccc1-c1nnc(SCc2ccc(C#N)cc2F)n1CCc1ccccc1. The number of para-hydroxylation sites is 1. The molecule has 0 saturated carbocycles. The highest BCUT2D eigenvalue weighted by atomic mass is 32.2. The van der Waals surface area contributed by atoms with Gasteiger partial charge in [0.1, 0.15) is 11.6 Å². The minimum Gasteiger partial charge on any atom is -0.496 e. The Kier molecular flexibility index (Phi) is 6.83. The topological polar surface area (TPSA) is 63.7 Å². The van der Waals surface area contributed by atoms with Crippen molar-refractivity contribution < 1.29 is 9.13 Å². The van der Waals surface area contributed by atoms with Crippen molar-refractivity contribution in [2.24, 2.45) is 0 Å². The summed E-state index contributed by atoms with van der Waals surface area (Å²) in [5.74, 6) is 1.42. The van der Waals surface area contributed by atoms with Crippen LogP contribution in [-0.2, 0) is 18.7 Å². The zero-order valence-electron chi connectivity index (χ0n) is 17.5. The van der Waals surface area contributed by atoms with Gasteiger partial charge in [0.2, 0.25) is 0 Å². The lowest BCUT2D eigenvalue weighted by molar-refractivity contribution is 0.415. The van der Waals surface area contributed by atoms with E-state index in [1.807, 2.05) is 48.5 Å². The monoisotopic (exact) mass is 444 g/mol. The lowest BCUT2D eigenvalue weighted by Gasteiger charge is -2.12. The molecule has 32 heavy (non-hydrogen) atoms. The number of hydrogen-bond donors (Lipinski definition) is 0. The van der Waals surface area contributed by atoms with Crippen LogP contribution in [0, 0.1) is 17.1 Å². The van der Waals surface area contributed by atoms with Gasteiger partial charge in [0, 0.05) is 12.3 Å². The number of aromatic nitrogens is 3. The van der Waals surface area contributed by atoms with E-state index in [9.17, 15) is 4.39 Å². The number of rotatable bonds is 8. The average molecular weight is 445 g/mol. The van der Waals surface area contributed by atoms with Gasteiger partial charge in [-0.3, -0.25) is 0 Å². The molecule has 0 N–H and O–H groups in total. The fourth-order valence-corrected chi connectivity index (χ4v) is 4.34. The molecule has 0 saturated heterocycles. The molecule has 1 heterocycles. The number of nitrogens with zero attached hydrogens (tertiary/aromatic N) is 4. The zero-order valence-corrected chi connectivity index (χ0v) is 18.3. The Morgan fingerprint density at radius 1 is 1.03 bits per heavy atom. The summed E-state index contributed by atoms with van der Waals surface area (Å²) in [5, 5.41) is 18.5. The Morgan fingerprint density at radius 2 is 1.81 bits per heavy atom. The molecule has 0 aliphatic rings. The van der Waals surface area contributed by atoms with E-state index in [0.717, 1.165) is 17.7 Å². The summed E-state index contributed by atoms with van der Waals surface area (Å²) >= 11 is 1.42. The third-order valence-electron chi connectivity index (χ3n) is 5.07. The number of nitriles is 1. The number of ether oxygens (including phenoxy) is 1. The summed E-state index contributed by atoms with van der Waals surface area (Å²) < 4.78 is 21.9. The fraction of sp³-hybridized carbons (Fsp3) is 0.160. The van der Waals surface area contributed by atoms with Crippen LogP contribution in [0.1, 0.15) is 16.7 Å². The molecule has 4 rings (SSSR count). The standard InChI is InChI=1S/C25H21FN4OS/c1-31-23-10-6-5-9-21(23)24-28-29-25(30(24)14-13-18-7-3-2-4-8-18)32-17-20-12-11-19(16-27)15-22(20)26/h2-12,15H,13-14,17H2,1H3. The molecule has 4 aromatic rings. The van der Waals surface area contributed by atoms with Crippen molar-refractivity contribution in [3.05, 3.63) is 95.3 Å². The van der Waals surface area contributed by atoms with Crippen LogP contribution in [0.4, 0.5) is 4.39 Å². The van der Waals surface area contributed by atoms with Crippen molar-refractivity contribution >= 4 is 11.8 Å². The van der Waals surface area contributed by atoms with E-state index >= 15 is 0 Å². The van der Waals surface area contributed by atoms with E-state index in [1.165, 1.54) is 23.4 Å². The zero-order chi connectivity index (χ0) is 22.3. The molecule has 3 aromatic carbocycles. The highest BCUT2D eigenvalue weighted by molar-refractivity contribution is 7.98. The number of halogens is 1. The third-order valence-corrected chi connectivity index (χ3v) is 6.09. The third kappa shape index (κ3) is 4.82. The first-order valence-electron chi connectivity index (χ1n) is 10.1. The molecule has 0 spiro atoms. The van der Waals surface area contributed by atoms with Crippen molar-refractivity contribution in [3.63, 3.8) is 0 Å². The summed E-state index contributed by atoms with van der Waals surface area (Å²) in [6, 6.07) is 24.4. The highest BCUT2D eigenvalue weighted by Crippen LogP contribution is 2.32. The van der Waals surface area contributed by atoms with Crippen molar-refractivity contribution in [3.8, 4) is 23.2 Å². The summed E-state index contributed by atoms with van der Waals surface area (Å²) in [7, 11) is 1.63. The van der Waals surface area contributed by atoms with Gasteiger partial charge in [0.15, 0.2) is 11.0 Å². The molecule has 0 atom stereocenters. The maximum absolute atomic E-state index is 14.4. The Labute approximate surface area is 190 Å². The summed E-state index contributed by atoms with van der Waals surface area (Å²) in [6.07, 6.45) is 0.805. The van der Waals surface area contributed by atoms with Crippen molar-refractivity contribution in [2.45, 2.75) is 23.9 Å². The average Bonchev–Trinajstić information content (AvgIpc) is 3.25. The molecule has 0 aliphatic carbocycles. The molecule has 0 fully saturated rings. The van der Waals surface area contributed by atoms with Gasteiger partial charge in [-0.1, -0.05) is 60.3 Å². The predicted molar refractivity (Wildman–Crippen MR) is 123 cm³/mol. The van der Waals surface area contributed by atoms with Gasteiger partial charge in [0.05, 0.1) is 24.3 Å². The first-order valence-corrected chi connectivity index (χ1v) is 11.1. The Balaban J connectivity index is 1.64. The van der Waals surface area contributed by atoms with Gasteiger partial charge in [-0.05, 0) is 41.8 Å². The quantitative estimate of drug-likeness (QED) is 0.336. The van der Waals surface area contributed by atoms with E-state index in [2.05, 4.69) is 26.9 Å². The predicted octanol–water partition coefficient (Wildman–Crippen LogP) is 5.50. The minimum absolute atomic E-state index is 0.306. The Morgan fingerprint density at radius 3 is 2.56 bits per heavy atom. The van der Waals surface area contributed by atoms with Crippen LogP contribution in [-0.4, -0.2) is 21.9 Å². The van der Waals surface area contributed by atoms with Gasteiger partial charge in [-0.15, -0.1) is 10.2 Å². The van der Waals surface area contributed by atoms with Crippen LogP contribution < -0.4 is 4.74 Å². The number of benzene rings is 3. The fourth-order valence-electron chi connectivity index (χ4n) is 3.39. The highest BCUT2D eigenvalue weighted by Gasteiger charge is 2.18. The van der Waals surface area contributed by atoms with Gasteiger partial charge < -0.3 is 9.30 Å². The Hall–Kier alpha value is -3.63. The first kappa shape index (κ1) is 21.6. The van der Waals surface area contributed by atoms with Gasteiger partial charge in [-0.2, -0.15) is 5.26 Å². The van der Waals surface area contributed by atoms with Crippen LogP contribution in [0.25, 0.3) is 11.4 Å². The van der Waals surface area contributed by atoms with Crippen LogP contribution in [0.3, 0.4) is 0 Å². The maximum atomic E-state index is 14.4. The molecule has 0 amide bonds. The van der Waals surface area contributed by atoms with Crippen LogP contribution in [0.5, 0.6) is 5.75 Å². The second-order valence-corrected chi connectivity index (χ2v) is 8.04. The van der Waals surface area contributed by atoms with Crippen molar-refractivity contribution in [1.29, 1.82) is 5.26 Å². The summed E-state index contributed by atoms with van der Waals surface area (Å²) in [5.41, 5.74) is 2.89. The van der Waals surface area contributed by atoms with Crippen molar-refractivity contribution in [2.75, 3.05) is 7.11 Å².